The second kappa shape index (κ2) is 12.7. The van der Waals surface area contributed by atoms with Crippen molar-refractivity contribution >= 4 is 107 Å². The molecule has 0 N–H and O–H groups in total. The van der Waals surface area contributed by atoms with E-state index in [-0.39, 0.29) is 0 Å². The predicted molar refractivity (Wildman–Crippen MR) is 261 cm³/mol. The number of para-hydroxylation sites is 2. The summed E-state index contributed by atoms with van der Waals surface area (Å²) in [5.74, 6) is 0.977. The Kier molecular flexibility index (Phi) is 6.98. The maximum atomic E-state index is 6.56. The highest BCUT2D eigenvalue weighted by atomic mass is 32.1. The van der Waals surface area contributed by atoms with Crippen LogP contribution in [0.25, 0.3) is 118 Å². The predicted octanol–water partition coefficient (Wildman–Crippen LogP) is 15.9. The summed E-state index contributed by atoms with van der Waals surface area (Å²) in [5.41, 5.74) is 13.2. The molecule has 4 aromatic heterocycles. The molecule has 0 fully saturated rings. The van der Waals surface area contributed by atoms with E-state index in [1.807, 2.05) is 22.7 Å². The van der Waals surface area contributed by atoms with Gasteiger partial charge in [-0.05, 0) is 82.9 Å². The fourth-order valence-electron chi connectivity index (χ4n) is 10.3. The zero-order valence-corrected chi connectivity index (χ0v) is 34.5. The van der Waals surface area contributed by atoms with Crippen LogP contribution in [0.5, 0.6) is 5.75 Å². The second-order valence-corrected chi connectivity index (χ2v) is 18.4. The highest BCUT2D eigenvalue weighted by Crippen LogP contribution is 2.46. The molecule has 1 aliphatic heterocycles. The SMILES string of the molecule is c1ccc2c(c1)sc1c(-c3ccc4c(c3)c3ccccc3n4-c3cc4c(c(-n5c6ccccc6c6cc(-c7cccc8c7sc7ccccc78)ccc65)c3)OCC4)cccc12. The molecule has 286 valence electrons. The molecule has 0 atom stereocenters. The van der Waals surface area contributed by atoms with Crippen LogP contribution in [0, 0.1) is 0 Å². The Labute approximate surface area is 358 Å². The van der Waals surface area contributed by atoms with Crippen LogP contribution in [0.3, 0.4) is 0 Å². The zero-order chi connectivity index (χ0) is 39.8. The van der Waals surface area contributed by atoms with Crippen molar-refractivity contribution in [2.45, 2.75) is 6.42 Å². The summed E-state index contributed by atoms with van der Waals surface area (Å²) in [6.45, 7) is 0.673. The molecule has 14 rings (SSSR count). The monoisotopic (exact) mass is 814 g/mol. The lowest BCUT2D eigenvalue weighted by Gasteiger charge is -2.17. The molecule has 0 radical (unpaired) electrons. The zero-order valence-electron chi connectivity index (χ0n) is 32.9. The first-order valence-corrected chi connectivity index (χ1v) is 22.6. The van der Waals surface area contributed by atoms with E-state index < -0.39 is 0 Å². The summed E-state index contributed by atoms with van der Waals surface area (Å²) >= 11 is 3.77. The molecule has 0 saturated heterocycles. The third-order valence-electron chi connectivity index (χ3n) is 13.0. The molecule has 0 amide bonds. The van der Waals surface area contributed by atoms with E-state index in [2.05, 4.69) is 191 Å². The number of hydrogen-bond donors (Lipinski definition) is 0. The number of rotatable bonds is 4. The Balaban J connectivity index is 0.972. The van der Waals surface area contributed by atoms with Crippen molar-refractivity contribution < 1.29 is 4.74 Å². The van der Waals surface area contributed by atoms with E-state index in [0.29, 0.717) is 6.61 Å². The van der Waals surface area contributed by atoms with Gasteiger partial charge in [-0.2, -0.15) is 0 Å². The number of nitrogens with zero attached hydrogens (tertiary/aromatic N) is 2. The largest absolute Gasteiger partial charge is 0.491 e. The second-order valence-electron chi connectivity index (χ2n) is 16.3. The molecular weight excluding hydrogens is 781 g/mol. The lowest BCUT2D eigenvalue weighted by atomic mass is 10.0. The lowest BCUT2D eigenvalue weighted by molar-refractivity contribution is 0.356. The van der Waals surface area contributed by atoms with E-state index in [1.165, 1.54) is 112 Å². The van der Waals surface area contributed by atoms with Crippen LogP contribution < -0.4 is 4.74 Å². The molecule has 0 aliphatic carbocycles. The van der Waals surface area contributed by atoms with Gasteiger partial charge in [0.25, 0.3) is 0 Å². The van der Waals surface area contributed by atoms with E-state index >= 15 is 0 Å². The minimum atomic E-state index is 0.673. The third kappa shape index (κ3) is 4.79. The maximum absolute atomic E-state index is 6.56. The van der Waals surface area contributed by atoms with Crippen LogP contribution in [0.2, 0.25) is 0 Å². The van der Waals surface area contributed by atoms with Gasteiger partial charge in [0.1, 0.15) is 5.75 Å². The van der Waals surface area contributed by atoms with Crippen molar-refractivity contribution in [2.24, 2.45) is 0 Å². The van der Waals surface area contributed by atoms with Gasteiger partial charge in [0, 0.05) is 79.6 Å². The summed E-state index contributed by atoms with van der Waals surface area (Å²) in [6, 6.07) is 67.6. The van der Waals surface area contributed by atoms with Gasteiger partial charge in [-0.3, -0.25) is 0 Å². The number of aromatic nitrogens is 2. The number of thiophene rings is 2. The van der Waals surface area contributed by atoms with Crippen LogP contribution in [-0.2, 0) is 6.42 Å². The molecule has 5 heteroatoms. The Morgan fingerprint density at radius 2 is 0.885 bits per heavy atom. The molecule has 9 aromatic carbocycles. The van der Waals surface area contributed by atoms with Gasteiger partial charge in [0.15, 0.2) is 0 Å². The molecule has 0 unspecified atom stereocenters. The van der Waals surface area contributed by atoms with Gasteiger partial charge in [0.2, 0.25) is 0 Å². The van der Waals surface area contributed by atoms with Gasteiger partial charge < -0.3 is 13.9 Å². The molecule has 0 spiro atoms. The Morgan fingerprint density at radius 1 is 0.393 bits per heavy atom. The van der Waals surface area contributed by atoms with Crippen molar-refractivity contribution in [1.82, 2.24) is 9.13 Å². The highest BCUT2D eigenvalue weighted by Gasteiger charge is 2.25. The Hall–Kier alpha value is -7.18. The van der Waals surface area contributed by atoms with Gasteiger partial charge in [-0.15, -0.1) is 22.7 Å². The molecule has 5 heterocycles. The third-order valence-corrected chi connectivity index (χ3v) is 15.5. The highest BCUT2D eigenvalue weighted by molar-refractivity contribution is 7.26. The Bertz CT molecular complexity index is 3990. The summed E-state index contributed by atoms with van der Waals surface area (Å²) < 4.78 is 16.8. The smallest absolute Gasteiger partial charge is 0.146 e. The first kappa shape index (κ1) is 33.6. The molecule has 61 heavy (non-hydrogen) atoms. The first-order valence-electron chi connectivity index (χ1n) is 20.9. The number of hydrogen-bond acceptors (Lipinski definition) is 3. The Morgan fingerprint density at radius 3 is 1.49 bits per heavy atom. The van der Waals surface area contributed by atoms with Crippen LogP contribution >= 0.6 is 22.7 Å². The summed E-state index contributed by atoms with van der Waals surface area (Å²) in [7, 11) is 0. The van der Waals surface area contributed by atoms with Gasteiger partial charge >= 0.3 is 0 Å². The average molecular weight is 815 g/mol. The quantitative estimate of drug-likeness (QED) is 0.173. The lowest BCUT2D eigenvalue weighted by Crippen LogP contribution is -2.01. The summed E-state index contributed by atoms with van der Waals surface area (Å²) in [5, 5.41) is 10.3. The molecule has 0 saturated carbocycles. The van der Waals surface area contributed by atoms with Gasteiger partial charge in [0.05, 0.1) is 34.4 Å². The summed E-state index contributed by atoms with van der Waals surface area (Å²) in [4.78, 5) is 0. The number of benzene rings is 9. The standard InChI is InChI=1S/C56H34N2OS2/c1-5-19-47-39(11-1)45-30-33(37-15-9-17-43-41-13-3-7-21-52(41)60-55(37)43)23-25-49(45)57(47)36-29-35-27-28-59-54(35)51(32-36)58-48-20-6-2-12-40(48)46-31-34(24-26-50(46)58)38-16-10-18-44-42-14-4-8-22-53(42)61-56(38)44/h1-26,29-32H,27-28H2. The fraction of sp³-hybridized carbons (Fsp3) is 0.0357. The van der Waals surface area contributed by atoms with E-state index in [9.17, 15) is 0 Å². The van der Waals surface area contributed by atoms with Gasteiger partial charge in [-0.1, -0.05) is 121 Å². The molecule has 1 aliphatic rings. The number of fused-ring (bicyclic) bond motifs is 13. The minimum absolute atomic E-state index is 0.673. The van der Waals surface area contributed by atoms with Crippen LogP contribution in [-0.4, -0.2) is 15.7 Å². The molecule has 3 nitrogen and oxygen atoms in total. The number of ether oxygens (including phenoxy) is 1. The van der Waals surface area contributed by atoms with E-state index in [4.69, 9.17) is 4.74 Å². The normalized spacial score (nSPS) is 12.9. The first-order chi connectivity index (χ1) is 30.2. The fourth-order valence-corrected chi connectivity index (χ4v) is 12.8. The van der Waals surface area contributed by atoms with Crippen LogP contribution in [0.15, 0.2) is 182 Å². The molecule has 0 bridgehead atoms. The van der Waals surface area contributed by atoms with E-state index in [1.54, 1.807) is 0 Å². The van der Waals surface area contributed by atoms with Crippen molar-refractivity contribution in [3.05, 3.63) is 188 Å². The molecular formula is C56H34N2OS2. The van der Waals surface area contributed by atoms with E-state index in [0.717, 1.165) is 23.5 Å². The summed E-state index contributed by atoms with van der Waals surface area (Å²) in [6.07, 6.45) is 0.872. The average Bonchev–Trinajstić information content (AvgIpc) is 4.15. The van der Waals surface area contributed by atoms with Crippen molar-refractivity contribution in [1.29, 1.82) is 0 Å². The van der Waals surface area contributed by atoms with Crippen molar-refractivity contribution in [2.75, 3.05) is 6.61 Å². The topological polar surface area (TPSA) is 19.1 Å². The minimum Gasteiger partial charge on any atom is -0.491 e. The van der Waals surface area contributed by atoms with Crippen LogP contribution in [0.4, 0.5) is 0 Å². The van der Waals surface area contributed by atoms with Gasteiger partial charge in [-0.25, -0.2) is 0 Å². The van der Waals surface area contributed by atoms with Crippen LogP contribution in [0.1, 0.15) is 5.56 Å². The maximum Gasteiger partial charge on any atom is 0.146 e. The van der Waals surface area contributed by atoms with Crippen molar-refractivity contribution in [3.8, 4) is 39.4 Å². The molecule has 13 aromatic rings. The van der Waals surface area contributed by atoms with Crippen molar-refractivity contribution in [3.63, 3.8) is 0 Å².